The molecule has 0 bridgehead atoms. The Hall–Kier alpha value is -2.79. The Kier molecular flexibility index (Phi) is 3.34. The molecule has 0 radical (unpaired) electrons. The van der Waals surface area contributed by atoms with Gasteiger partial charge in [0.05, 0.1) is 12.0 Å². The average Bonchev–Trinajstić information content (AvgIpc) is 2.56. The van der Waals surface area contributed by atoms with E-state index in [1.807, 2.05) is 72.8 Å². The molecule has 0 fully saturated rings. The first-order chi connectivity index (χ1) is 9.86. The van der Waals surface area contributed by atoms with Crippen molar-refractivity contribution in [3.05, 3.63) is 83.9 Å². The van der Waals surface area contributed by atoms with Crippen molar-refractivity contribution < 1.29 is 4.74 Å². The summed E-state index contributed by atoms with van der Waals surface area (Å²) in [5, 5.41) is 9.23. The van der Waals surface area contributed by atoms with E-state index in [2.05, 4.69) is 6.07 Å². The number of ether oxygens (including phenoxy) is 1. The van der Waals surface area contributed by atoms with E-state index in [4.69, 9.17) is 4.74 Å². The van der Waals surface area contributed by atoms with Crippen LogP contribution in [-0.4, -0.2) is 0 Å². The number of rotatable bonds is 2. The lowest BCUT2D eigenvalue weighted by Gasteiger charge is -2.19. The summed E-state index contributed by atoms with van der Waals surface area (Å²) in [7, 11) is 0. The highest BCUT2D eigenvalue weighted by atomic mass is 16.5. The Morgan fingerprint density at radius 2 is 1.20 bits per heavy atom. The third-order valence-corrected chi connectivity index (χ3v) is 3.15. The minimum atomic E-state index is -0.269. The molecule has 0 unspecified atom stereocenters. The van der Waals surface area contributed by atoms with Crippen molar-refractivity contribution >= 4 is 11.5 Å². The van der Waals surface area contributed by atoms with Crippen molar-refractivity contribution in [3.8, 4) is 6.07 Å². The van der Waals surface area contributed by atoms with Crippen molar-refractivity contribution in [1.82, 2.24) is 0 Å². The lowest BCUT2D eigenvalue weighted by Crippen LogP contribution is -2.04. The van der Waals surface area contributed by atoms with Crippen LogP contribution in [0.1, 0.15) is 11.1 Å². The second-order valence-corrected chi connectivity index (χ2v) is 4.55. The van der Waals surface area contributed by atoms with Gasteiger partial charge in [-0.15, -0.1) is 0 Å². The molecule has 0 amide bonds. The third kappa shape index (κ3) is 2.48. The lowest BCUT2D eigenvalue weighted by molar-refractivity contribution is 0.458. The molecule has 2 heteroatoms. The van der Waals surface area contributed by atoms with Crippen molar-refractivity contribution in [2.24, 2.45) is 5.92 Å². The van der Waals surface area contributed by atoms with Crippen LogP contribution in [0.3, 0.4) is 0 Å². The molecule has 3 rings (SSSR count). The zero-order valence-corrected chi connectivity index (χ0v) is 10.9. The van der Waals surface area contributed by atoms with E-state index in [9.17, 15) is 5.26 Å². The van der Waals surface area contributed by atoms with E-state index < -0.39 is 0 Å². The van der Waals surface area contributed by atoms with E-state index in [0.717, 1.165) is 22.6 Å². The summed E-state index contributed by atoms with van der Waals surface area (Å²) >= 11 is 0. The summed E-state index contributed by atoms with van der Waals surface area (Å²) in [4.78, 5) is 0. The Bertz CT molecular complexity index is 638. The fraction of sp³-hybridized carbons (Fsp3) is 0.0556. The van der Waals surface area contributed by atoms with Gasteiger partial charge in [-0.2, -0.15) is 5.26 Å². The highest BCUT2D eigenvalue weighted by molar-refractivity contribution is 5.73. The Morgan fingerprint density at radius 1 is 0.750 bits per heavy atom. The van der Waals surface area contributed by atoms with Crippen molar-refractivity contribution in [2.45, 2.75) is 0 Å². The summed E-state index contributed by atoms with van der Waals surface area (Å²) in [6, 6.07) is 22.0. The van der Waals surface area contributed by atoms with Crippen LogP contribution < -0.4 is 0 Å². The molecule has 1 aliphatic heterocycles. The lowest BCUT2D eigenvalue weighted by atomic mass is 10.0. The molecule has 0 saturated carbocycles. The zero-order chi connectivity index (χ0) is 13.8. The van der Waals surface area contributed by atoms with Crippen LogP contribution in [0.5, 0.6) is 0 Å². The number of hydrogen-bond donors (Lipinski definition) is 0. The number of allylic oxidation sites excluding steroid dienone is 2. The molecule has 20 heavy (non-hydrogen) atoms. The van der Waals surface area contributed by atoms with Gasteiger partial charge in [0, 0.05) is 11.1 Å². The Labute approximate surface area is 118 Å². The predicted molar refractivity (Wildman–Crippen MR) is 79.0 cm³/mol. The maximum atomic E-state index is 9.23. The Morgan fingerprint density at radius 3 is 1.60 bits per heavy atom. The van der Waals surface area contributed by atoms with Crippen LogP contribution in [0, 0.1) is 17.2 Å². The molecule has 2 aromatic carbocycles. The summed E-state index contributed by atoms with van der Waals surface area (Å²) in [5.74, 6) is 1.20. The van der Waals surface area contributed by atoms with E-state index >= 15 is 0 Å². The highest BCUT2D eigenvalue weighted by Gasteiger charge is 2.17. The summed E-state index contributed by atoms with van der Waals surface area (Å²) in [6.45, 7) is 0. The number of hydrogen-bond acceptors (Lipinski definition) is 2. The maximum absolute atomic E-state index is 9.23. The van der Waals surface area contributed by atoms with Crippen LogP contribution in [0.2, 0.25) is 0 Å². The van der Waals surface area contributed by atoms with Crippen molar-refractivity contribution in [2.75, 3.05) is 0 Å². The van der Waals surface area contributed by atoms with Gasteiger partial charge in [0.25, 0.3) is 0 Å². The monoisotopic (exact) mass is 259 g/mol. The molecule has 0 aliphatic carbocycles. The van der Waals surface area contributed by atoms with E-state index in [1.54, 1.807) is 0 Å². The van der Waals surface area contributed by atoms with Gasteiger partial charge in [0.1, 0.15) is 11.5 Å². The van der Waals surface area contributed by atoms with Gasteiger partial charge in [0.15, 0.2) is 0 Å². The summed E-state index contributed by atoms with van der Waals surface area (Å²) in [6.07, 6.45) is 3.70. The first-order valence-electron chi connectivity index (χ1n) is 6.49. The van der Waals surface area contributed by atoms with E-state index in [-0.39, 0.29) is 5.92 Å². The van der Waals surface area contributed by atoms with E-state index in [0.29, 0.717) is 0 Å². The van der Waals surface area contributed by atoms with Crippen molar-refractivity contribution in [3.63, 3.8) is 0 Å². The van der Waals surface area contributed by atoms with Gasteiger partial charge in [0.2, 0.25) is 0 Å². The second kappa shape index (κ2) is 5.46. The molecule has 0 N–H and O–H groups in total. The average molecular weight is 259 g/mol. The topological polar surface area (TPSA) is 33.0 Å². The first-order valence-corrected chi connectivity index (χ1v) is 6.49. The predicted octanol–water partition coefficient (Wildman–Crippen LogP) is 4.24. The zero-order valence-electron chi connectivity index (χ0n) is 10.9. The summed E-state index contributed by atoms with van der Waals surface area (Å²) < 4.78 is 5.96. The fourth-order valence-corrected chi connectivity index (χ4v) is 2.15. The first kappa shape index (κ1) is 12.3. The van der Waals surface area contributed by atoms with Gasteiger partial charge in [-0.05, 0) is 12.2 Å². The van der Waals surface area contributed by atoms with Crippen LogP contribution >= 0.6 is 0 Å². The van der Waals surface area contributed by atoms with Gasteiger partial charge >= 0.3 is 0 Å². The number of benzene rings is 2. The smallest absolute Gasteiger partial charge is 0.132 e. The van der Waals surface area contributed by atoms with E-state index in [1.165, 1.54) is 0 Å². The minimum Gasteiger partial charge on any atom is -0.457 e. The molecule has 2 aromatic rings. The van der Waals surface area contributed by atoms with Crippen LogP contribution in [0.25, 0.3) is 11.5 Å². The fourth-order valence-electron chi connectivity index (χ4n) is 2.15. The van der Waals surface area contributed by atoms with Gasteiger partial charge in [-0.3, -0.25) is 0 Å². The van der Waals surface area contributed by atoms with Gasteiger partial charge in [-0.25, -0.2) is 0 Å². The summed E-state index contributed by atoms with van der Waals surface area (Å²) in [5.41, 5.74) is 1.96. The molecule has 0 saturated heterocycles. The SMILES string of the molecule is N#CC1C=C(c2ccccc2)OC(c2ccccc2)=C1. The largest absolute Gasteiger partial charge is 0.457 e. The molecule has 96 valence electrons. The van der Waals surface area contributed by atoms with Crippen molar-refractivity contribution in [1.29, 1.82) is 5.26 Å². The molecule has 1 aliphatic rings. The Balaban J connectivity index is 1.97. The van der Waals surface area contributed by atoms with Crippen LogP contribution in [0.15, 0.2) is 72.8 Å². The highest BCUT2D eigenvalue weighted by Crippen LogP contribution is 2.31. The number of nitrogens with zero attached hydrogens (tertiary/aromatic N) is 1. The third-order valence-electron chi connectivity index (χ3n) is 3.15. The van der Waals surface area contributed by atoms with Gasteiger partial charge in [-0.1, -0.05) is 60.7 Å². The standard InChI is InChI=1S/C18H13NO/c19-13-14-11-17(15-7-3-1-4-8-15)20-18(12-14)16-9-5-2-6-10-16/h1-12,14H. The molecular weight excluding hydrogens is 246 g/mol. The van der Waals surface area contributed by atoms with Crippen LogP contribution in [-0.2, 0) is 4.74 Å². The molecule has 1 heterocycles. The minimum absolute atomic E-state index is 0.269. The van der Waals surface area contributed by atoms with Crippen LogP contribution in [0.4, 0.5) is 0 Å². The molecule has 2 nitrogen and oxygen atoms in total. The molecule has 0 spiro atoms. The quantitative estimate of drug-likeness (QED) is 0.808. The molecular formula is C18H13NO. The second-order valence-electron chi connectivity index (χ2n) is 4.55. The van der Waals surface area contributed by atoms with Gasteiger partial charge < -0.3 is 4.74 Å². The normalized spacial score (nSPS) is 14.8. The maximum Gasteiger partial charge on any atom is 0.132 e. The molecule has 0 atom stereocenters. The number of nitriles is 1. The molecule has 0 aromatic heterocycles.